The third-order valence-corrected chi connectivity index (χ3v) is 8.01. The lowest BCUT2D eigenvalue weighted by atomic mass is 9.84. The number of hydroxylamine groups is 1. The molecule has 1 aromatic rings. The zero-order chi connectivity index (χ0) is 28.9. The summed E-state index contributed by atoms with van der Waals surface area (Å²) >= 11 is 0. The van der Waals surface area contributed by atoms with Crippen LogP contribution in [0.2, 0.25) is 0 Å². The molecule has 1 aromatic carbocycles. The smallest absolute Gasteiger partial charge is 0.254 e. The normalized spacial score (nSPS) is 18.8. The van der Waals surface area contributed by atoms with Crippen LogP contribution in [0.25, 0.3) is 0 Å². The van der Waals surface area contributed by atoms with Gasteiger partial charge in [0.2, 0.25) is 24.5 Å². The van der Waals surface area contributed by atoms with Gasteiger partial charge in [-0.25, -0.2) is 5.48 Å². The van der Waals surface area contributed by atoms with Gasteiger partial charge in [0, 0.05) is 44.1 Å². The summed E-state index contributed by atoms with van der Waals surface area (Å²) in [6.07, 6.45) is 4.97. The van der Waals surface area contributed by atoms with Crippen LogP contribution in [0.15, 0.2) is 18.2 Å². The van der Waals surface area contributed by atoms with Gasteiger partial charge in [-0.3, -0.25) is 24.0 Å². The second kappa shape index (κ2) is 12.9. The highest BCUT2D eigenvalue weighted by Gasteiger charge is 2.39. The number of nitrogens with one attached hydrogen (secondary N) is 2. The molecule has 0 aromatic heterocycles. The zero-order valence-corrected chi connectivity index (χ0v) is 24.0. The van der Waals surface area contributed by atoms with E-state index in [2.05, 4.69) is 10.8 Å². The minimum Gasteiger partial charge on any atom is -0.454 e. The molecule has 2 heterocycles. The van der Waals surface area contributed by atoms with E-state index in [1.807, 2.05) is 20.8 Å². The van der Waals surface area contributed by atoms with E-state index in [0.29, 0.717) is 55.6 Å². The van der Waals surface area contributed by atoms with Gasteiger partial charge in [0.05, 0.1) is 7.11 Å². The number of carbonyl (C=O) groups is 4. The number of rotatable bonds is 9. The number of carbonyl (C=O) groups excluding carboxylic acids is 4. The number of amides is 4. The van der Waals surface area contributed by atoms with E-state index in [9.17, 15) is 19.2 Å². The average molecular weight is 559 g/mol. The fraction of sp³-hybridized carbons (Fsp3) is 0.655. The second-order valence-electron chi connectivity index (χ2n) is 12.0. The lowest BCUT2D eigenvalue weighted by molar-refractivity contribution is -0.142. The largest absolute Gasteiger partial charge is 0.454 e. The first-order valence-electron chi connectivity index (χ1n) is 14.2. The standard InChI is InChI=1S/C29H42N4O7/c1-29(2,3)25(30-26(35)21(17-24(34)31-38-4)15-19-7-5-6-8-19)28(37)33-13-11-32(12-14-33)27(36)20-9-10-22-23(16-20)40-18-39-22/h9-10,16,19,21,25H,5-8,11-15,17-18H2,1-4H3,(H,30,35)(H,31,34)/t21-,25-/m1/s1. The third kappa shape index (κ3) is 7.24. The Morgan fingerprint density at radius 3 is 2.30 bits per heavy atom. The van der Waals surface area contributed by atoms with E-state index in [-0.39, 0.29) is 36.8 Å². The van der Waals surface area contributed by atoms with Gasteiger partial charge in [0.15, 0.2) is 11.5 Å². The maximum Gasteiger partial charge on any atom is 0.254 e. The van der Waals surface area contributed by atoms with Gasteiger partial charge < -0.3 is 24.6 Å². The molecule has 2 N–H and O–H groups in total. The molecule has 4 amide bonds. The van der Waals surface area contributed by atoms with Crippen molar-refractivity contribution in [3.8, 4) is 11.5 Å². The van der Waals surface area contributed by atoms with Gasteiger partial charge in [-0.05, 0) is 36.0 Å². The number of nitrogens with zero attached hydrogens (tertiary/aromatic N) is 2. The van der Waals surface area contributed by atoms with Crippen LogP contribution in [0.5, 0.6) is 11.5 Å². The van der Waals surface area contributed by atoms with Crippen molar-refractivity contribution in [3.63, 3.8) is 0 Å². The predicted molar refractivity (Wildman–Crippen MR) is 146 cm³/mol. The second-order valence-corrected chi connectivity index (χ2v) is 12.0. The molecular formula is C29H42N4O7. The lowest BCUT2D eigenvalue weighted by Crippen LogP contribution is -2.59. The summed E-state index contributed by atoms with van der Waals surface area (Å²) in [5.41, 5.74) is 2.26. The Kier molecular flexibility index (Phi) is 9.55. The lowest BCUT2D eigenvalue weighted by Gasteiger charge is -2.40. The Balaban J connectivity index is 1.38. The van der Waals surface area contributed by atoms with E-state index in [1.165, 1.54) is 7.11 Å². The molecule has 3 aliphatic rings. The molecule has 2 atom stereocenters. The number of piperazine rings is 1. The van der Waals surface area contributed by atoms with Crippen LogP contribution in [0.4, 0.5) is 0 Å². The van der Waals surface area contributed by atoms with Crippen molar-refractivity contribution in [1.29, 1.82) is 0 Å². The summed E-state index contributed by atoms with van der Waals surface area (Å²) in [7, 11) is 1.36. The zero-order valence-electron chi connectivity index (χ0n) is 24.0. The molecule has 4 rings (SSSR count). The van der Waals surface area contributed by atoms with Crippen molar-refractivity contribution >= 4 is 23.6 Å². The molecule has 2 aliphatic heterocycles. The minimum atomic E-state index is -0.771. The van der Waals surface area contributed by atoms with Crippen molar-refractivity contribution in [1.82, 2.24) is 20.6 Å². The Bertz CT molecular complexity index is 1090. The van der Waals surface area contributed by atoms with Crippen molar-refractivity contribution in [3.05, 3.63) is 23.8 Å². The summed E-state index contributed by atoms with van der Waals surface area (Å²) in [6, 6.07) is 4.35. The number of benzene rings is 1. The van der Waals surface area contributed by atoms with Gasteiger partial charge in [-0.2, -0.15) is 0 Å². The fourth-order valence-corrected chi connectivity index (χ4v) is 5.74. The van der Waals surface area contributed by atoms with Crippen LogP contribution in [0, 0.1) is 17.3 Å². The maximum atomic E-state index is 13.7. The number of fused-ring (bicyclic) bond motifs is 1. The van der Waals surface area contributed by atoms with Gasteiger partial charge in [0.25, 0.3) is 5.91 Å². The molecule has 0 radical (unpaired) electrons. The Morgan fingerprint density at radius 1 is 1.00 bits per heavy atom. The molecule has 1 saturated carbocycles. The first kappa shape index (κ1) is 29.6. The molecular weight excluding hydrogens is 516 g/mol. The Labute approximate surface area is 235 Å². The highest BCUT2D eigenvalue weighted by atomic mass is 16.7. The van der Waals surface area contributed by atoms with Crippen LogP contribution in [-0.4, -0.2) is 79.6 Å². The molecule has 40 heavy (non-hydrogen) atoms. The molecule has 1 saturated heterocycles. The van der Waals surface area contributed by atoms with Crippen molar-refractivity contribution < 1.29 is 33.5 Å². The third-order valence-electron chi connectivity index (χ3n) is 8.01. The fourth-order valence-electron chi connectivity index (χ4n) is 5.74. The molecule has 1 aliphatic carbocycles. The van der Waals surface area contributed by atoms with E-state index in [4.69, 9.17) is 14.3 Å². The summed E-state index contributed by atoms with van der Waals surface area (Å²) in [6.45, 7) is 7.37. The van der Waals surface area contributed by atoms with Gasteiger partial charge >= 0.3 is 0 Å². The van der Waals surface area contributed by atoms with Gasteiger partial charge in [0.1, 0.15) is 6.04 Å². The molecule has 0 spiro atoms. The monoisotopic (exact) mass is 558 g/mol. The van der Waals surface area contributed by atoms with Crippen molar-refractivity contribution in [2.75, 3.05) is 40.1 Å². The van der Waals surface area contributed by atoms with Crippen molar-refractivity contribution in [2.45, 2.75) is 65.3 Å². The van der Waals surface area contributed by atoms with Gasteiger partial charge in [-0.15, -0.1) is 0 Å². The first-order chi connectivity index (χ1) is 19.1. The predicted octanol–water partition coefficient (Wildman–Crippen LogP) is 2.49. The number of ether oxygens (including phenoxy) is 2. The van der Waals surface area contributed by atoms with Crippen LogP contribution in [-0.2, 0) is 19.2 Å². The van der Waals surface area contributed by atoms with E-state index < -0.39 is 17.4 Å². The topological polar surface area (TPSA) is 127 Å². The molecule has 2 fully saturated rings. The molecule has 11 heteroatoms. The van der Waals surface area contributed by atoms with E-state index in [0.717, 1.165) is 25.7 Å². The Morgan fingerprint density at radius 2 is 1.65 bits per heavy atom. The highest BCUT2D eigenvalue weighted by Crippen LogP contribution is 2.34. The minimum absolute atomic E-state index is 0.00186. The number of hydrogen-bond acceptors (Lipinski definition) is 7. The van der Waals surface area contributed by atoms with Crippen LogP contribution in [0.3, 0.4) is 0 Å². The highest BCUT2D eigenvalue weighted by molar-refractivity contribution is 5.95. The Hall–Kier alpha value is -3.34. The summed E-state index contributed by atoms with van der Waals surface area (Å²) in [5.74, 6) is 0.0523. The summed E-state index contributed by atoms with van der Waals surface area (Å²) < 4.78 is 10.7. The number of hydrogen-bond donors (Lipinski definition) is 2. The van der Waals surface area contributed by atoms with Crippen LogP contribution >= 0.6 is 0 Å². The first-order valence-corrected chi connectivity index (χ1v) is 14.2. The summed E-state index contributed by atoms with van der Waals surface area (Å²) in [5, 5.41) is 3.00. The average Bonchev–Trinajstić information content (AvgIpc) is 3.61. The molecule has 0 unspecified atom stereocenters. The molecule has 220 valence electrons. The molecule has 0 bridgehead atoms. The molecule has 11 nitrogen and oxygen atoms in total. The van der Waals surface area contributed by atoms with Crippen LogP contribution < -0.4 is 20.3 Å². The van der Waals surface area contributed by atoms with Crippen molar-refractivity contribution in [2.24, 2.45) is 17.3 Å². The van der Waals surface area contributed by atoms with Gasteiger partial charge in [-0.1, -0.05) is 46.5 Å². The van der Waals surface area contributed by atoms with E-state index in [1.54, 1.807) is 28.0 Å². The van der Waals surface area contributed by atoms with Crippen LogP contribution in [0.1, 0.15) is 69.7 Å². The quantitative estimate of drug-likeness (QED) is 0.446. The van der Waals surface area contributed by atoms with E-state index >= 15 is 0 Å². The SMILES string of the molecule is CONC(=O)C[C@@H](CC1CCCC1)C(=O)N[C@H](C(=O)N1CCN(C(=O)c2ccc3c(c2)OCO3)CC1)C(C)(C)C. The summed E-state index contributed by atoms with van der Waals surface area (Å²) in [4.78, 5) is 60.8. The maximum absolute atomic E-state index is 13.7.